The van der Waals surface area contributed by atoms with Gasteiger partial charge in [0.25, 0.3) is 5.91 Å². The van der Waals surface area contributed by atoms with Gasteiger partial charge in [0.1, 0.15) is 0 Å². The molecule has 4 rings (SSSR count). The first-order valence-electron chi connectivity index (χ1n) is 12.7. The summed E-state index contributed by atoms with van der Waals surface area (Å²) in [5.74, 6) is 0.898. The monoisotopic (exact) mass is 618 g/mol. The molecular formula is C29H35ClN4O5S2. The Bertz CT molecular complexity index is 1520. The number of anilines is 1. The lowest BCUT2D eigenvalue weighted by molar-refractivity contribution is 0.0986. The van der Waals surface area contributed by atoms with E-state index in [4.69, 9.17) is 14.5 Å². The molecule has 0 bridgehead atoms. The maximum absolute atomic E-state index is 13.7. The molecule has 0 unspecified atom stereocenters. The number of methoxy groups -OCH3 is 2. The van der Waals surface area contributed by atoms with Gasteiger partial charge >= 0.3 is 0 Å². The second-order valence-electron chi connectivity index (χ2n) is 9.56. The molecule has 0 saturated heterocycles. The second kappa shape index (κ2) is 14.1. The van der Waals surface area contributed by atoms with Crippen molar-refractivity contribution in [2.45, 2.75) is 17.9 Å². The summed E-state index contributed by atoms with van der Waals surface area (Å²) >= 11 is 1.39. The fourth-order valence-electron chi connectivity index (χ4n) is 4.22. The molecule has 4 aromatic rings. The quantitative estimate of drug-likeness (QED) is 0.217. The fraction of sp³-hybridized carbons (Fsp3) is 0.310. The van der Waals surface area contributed by atoms with Gasteiger partial charge < -0.3 is 14.4 Å². The molecule has 41 heavy (non-hydrogen) atoms. The number of hydrogen-bond donors (Lipinski definition) is 0. The lowest BCUT2D eigenvalue weighted by Gasteiger charge is -2.21. The van der Waals surface area contributed by atoms with Crippen LogP contribution in [0.1, 0.15) is 22.3 Å². The van der Waals surface area contributed by atoms with Gasteiger partial charge in [0.2, 0.25) is 10.0 Å². The topological polar surface area (TPSA) is 92.3 Å². The van der Waals surface area contributed by atoms with Crippen molar-refractivity contribution in [2.24, 2.45) is 0 Å². The molecule has 0 N–H and O–H groups in total. The van der Waals surface area contributed by atoms with Crippen LogP contribution in [0.15, 0.2) is 71.6 Å². The Morgan fingerprint density at radius 2 is 1.54 bits per heavy atom. The van der Waals surface area contributed by atoms with E-state index in [9.17, 15) is 13.2 Å². The Morgan fingerprint density at radius 1 is 0.902 bits per heavy atom. The summed E-state index contributed by atoms with van der Waals surface area (Å²) in [5, 5.41) is 0.549. The highest BCUT2D eigenvalue weighted by Gasteiger charge is 2.25. The Morgan fingerprint density at radius 3 is 2.15 bits per heavy atom. The van der Waals surface area contributed by atoms with E-state index in [-0.39, 0.29) is 29.8 Å². The van der Waals surface area contributed by atoms with Gasteiger partial charge in [-0.15, -0.1) is 12.4 Å². The van der Waals surface area contributed by atoms with Crippen LogP contribution in [0.25, 0.3) is 10.2 Å². The third-order valence-corrected chi connectivity index (χ3v) is 9.26. The lowest BCUT2D eigenvalue weighted by atomic mass is 10.2. The number of sulfonamides is 1. The van der Waals surface area contributed by atoms with Gasteiger partial charge in [-0.1, -0.05) is 41.7 Å². The fourth-order valence-corrected chi connectivity index (χ4v) is 6.38. The number of rotatable bonds is 12. The van der Waals surface area contributed by atoms with Crippen molar-refractivity contribution < 1.29 is 22.7 Å². The van der Waals surface area contributed by atoms with Gasteiger partial charge in [0.05, 0.1) is 29.3 Å². The number of fused-ring (bicyclic) bond motifs is 1. The molecule has 9 nitrogen and oxygen atoms in total. The van der Waals surface area contributed by atoms with Crippen LogP contribution in [0.3, 0.4) is 0 Å². The van der Waals surface area contributed by atoms with Crippen LogP contribution in [0, 0.1) is 0 Å². The smallest absolute Gasteiger partial charge is 0.260 e. The van der Waals surface area contributed by atoms with Crippen molar-refractivity contribution in [2.75, 3.05) is 53.4 Å². The first kappa shape index (κ1) is 32.3. The van der Waals surface area contributed by atoms with Gasteiger partial charge in [-0.25, -0.2) is 13.4 Å². The number of benzene rings is 3. The van der Waals surface area contributed by atoms with Crippen molar-refractivity contribution in [3.8, 4) is 11.5 Å². The van der Waals surface area contributed by atoms with Crippen LogP contribution in [-0.2, 0) is 16.6 Å². The Balaban J connectivity index is 0.00000462. The van der Waals surface area contributed by atoms with Crippen LogP contribution in [0.5, 0.6) is 11.5 Å². The van der Waals surface area contributed by atoms with Crippen molar-refractivity contribution in [1.82, 2.24) is 14.2 Å². The highest BCUT2D eigenvalue weighted by atomic mass is 35.5. The van der Waals surface area contributed by atoms with E-state index in [2.05, 4.69) is 4.90 Å². The highest BCUT2D eigenvalue weighted by Crippen LogP contribution is 2.37. The maximum atomic E-state index is 13.7. The standard InChI is InChI=1S/C29H34N4O5S2.ClH/c1-31(2)16-9-17-33(29-30-24-18-25(37-4)26(38-5)19-27(24)39-29)28(34)22-12-14-23(15-13-22)40(35,36)32(3)20-21-10-7-6-8-11-21;/h6-8,10-15,18-19H,9,16-17,20H2,1-5H3;1H. The number of thiazole rings is 1. The predicted octanol–water partition coefficient (Wildman–Crippen LogP) is 5.15. The van der Waals surface area contributed by atoms with E-state index in [1.807, 2.05) is 50.5 Å². The Kier molecular flexibility index (Phi) is 11.1. The van der Waals surface area contributed by atoms with Crippen molar-refractivity contribution in [1.29, 1.82) is 0 Å². The third-order valence-electron chi connectivity index (χ3n) is 6.40. The van der Waals surface area contributed by atoms with Gasteiger partial charge in [-0.3, -0.25) is 9.69 Å². The molecule has 220 valence electrons. The number of aromatic nitrogens is 1. The number of carbonyl (C=O) groups is 1. The first-order chi connectivity index (χ1) is 19.1. The lowest BCUT2D eigenvalue weighted by Crippen LogP contribution is -2.33. The molecule has 0 spiro atoms. The molecule has 0 saturated carbocycles. The van der Waals surface area contributed by atoms with Crippen molar-refractivity contribution in [3.05, 3.63) is 77.9 Å². The molecular weight excluding hydrogens is 584 g/mol. The largest absolute Gasteiger partial charge is 0.493 e. The van der Waals surface area contributed by atoms with Crippen LogP contribution in [0.2, 0.25) is 0 Å². The second-order valence-corrected chi connectivity index (χ2v) is 12.6. The summed E-state index contributed by atoms with van der Waals surface area (Å²) in [6.45, 7) is 1.49. The van der Waals surface area contributed by atoms with Crippen LogP contribution >= 0.6 is 23.7 Å². The molecule has 0 fully saturated rings. The molecule has 1 aromatic heterocycles. The number of ether oxygens (including phenoxy) is 2. The number of nitrogens with zero attached hydrogens (tertiary/aromatic N) is 4. The Hall–Kier alpha value is -3.22. The molecule has 0 radical (unpaired) electrons. The minimum Gasteiger partial charge on any atom is -0.493 e. The van der Waals surface area contributed by atoms with Gasteiger partial charge in [-0.05, 0) is 56.9 Å². The molecule has 12 heteroatoms. The molecule has 1 amide bonds. The van der Waals surface area contributed by atoms with Crippen LogP contribution in [-0.4, -0.2) is 77.0 Å². The summed E-state index contributed by atoms with van der Waals surface area (Å²) in [4.78, 5) is 22.3. The molecule has 3 aromatic carbocycles. The van der Waals surface area contributed by atoms with E-state index < -0.39 is 10.0 Å². The minimum atomic E-state index is -3.74. The van der Waals surface area contributed by atoms with Gasteiger partial charge in [0.15, 0.2) is 16.6 Å². The zero-order chi connectivity index (χ0) is 28.9. The van der Waals surface area contributed by atoms with Crippen molar-refractivity contribution in [3.63, 3.8) is 0 Å². The van der Waals surface area contributed by atoms with E-state index in [1.54, 1.807) is 44.4 Å². The van der Waals surface area contributed by atoms with Gasteiger partial charge in [0, 0.05) is 37.8 Å². The van der Waals surface area contributed by atoms with E-state index >= 15 is 0 Å². The number of hydrogen-bond acceptors (Lipinski definition) is 8. The Labute approximate surface area is 251 Å². The summed E-state index contributed by atoms with van der Waals surface area (Å²) in [5.41, 5.74) is 1.97. The predicted molar refractivity (Wildman–Crippen MR) is 166 cm³/mol. The minimum absolute atomic E-state index is 0. The normalized spacial score (nSPS) is 11.5. The van der Waals surface area contributed by atoms with Crippen LogP contribution < -0.4 is 14.4 Å². The van der Waals surface area contributed by atoms with E-state index in [1.165, 1.54) is 27.8 Å². The van der Waals surface area contributed by atoms with Crippen LogP contribution in [0.4, 0.5) is 5.13 Å². The third kappa shape index (κ3) is 7.55. The number of halogens is 1. The summed E-state index contributed by atoms with van der Waals surface area (Å²) in [7, 11) is 4.92. The average Bonchev–Trinajstić information content (AvgIpc) is 3.37. The molecule has 0 atom stereocenters. The molecule has 0 aliphatic heterocycles. The summed E-state index contributed by atoms with van der Waals surface area (Å²) in [6, 6.07) is 19.1. The highest BCUT2D eigenvalue weighted by molar-refractivity contribution is 7.89. The van der Waals surface area contributed by atoms with Gasteiger partial charge in [-0.2, -0.15) is 4.31 Å². The summed E-state index contributed by atoms with van der Waals surface area (Å²) < 4.78 is 39.4. The summed E-state index contributed by atoms with van der Waals surface area (Å²) in [6.07, 6.45) is 0.734. The first-order valence-corrected chi connectivity index (χ1v) is 15.0. The molecule has 0 aliphatic rings. The average molecular weight is 619 g/mol. The van der Waals surface area contributed by atoms with Crippen molar-refractivity contribution >= 4 is 55.0 Å². The van der Waals surface area contributed by atoms with E-state index in [0.717, 1.165) is 23.2 Å². The number of carbonyl (C=O) groups excluding carboxylic acids is 1. The maximum Gasteiger partial charge on any atom is 0.260 e. The molecule has 0 aliphatic carbocycles. The SMILES string of the molecule is COc1cc2nc(N(CCCN(C)C)C(=O)c3ccc(S(=O)(=O)N(C)Cc4ccccc4)cc3)sc2cc1OC.Cl. The number of amides is 1. The zero-order valence-corrected chi connectivity index (χ0v) is 26.2. The zero-order valence-electron chi connectivity index (χ0n) is 23.7. The molecule has 1 heterocycles. The van der Waals surface area contributed by atoms with E-state index in [0.29, 0.717) is 34.3 Å².